The molecule has 0 saturated heterocycles. The van der Waals surface area contributed by atoms with Crippen molar-refractivity contribution >= 4 is 29.2 Å². The molecule has 1 heterocycles. The molecular weight excluding hydrogens is 417 g/mol. The van der Waals surface area contributed by atoms with Crippen LogP contribution in [0, 0.1) is 5.92 Å². The van der Waals surface area contributed by atoms with Crippen molar-refractivity contribution in [2.24, 2.45) is 10.9 Å². The highest BCUT2D eigenvalue weighted by atomic mass is 19.4. The van der Waals surface area contributed by atoms with Crippen LogP contribution in [0.3, 0.4) is 0 Å². The first-order chi connectivity index (χ1) is 14.5. The maximum Gasteiger partial charge on any atom is 0.471 e. The molecule has 10 heteroatoms. The first-order valence-corrected chi connectivity index (χ1v) is 9.59. The zero-order valence-corrected chi connectivity index (χ0v) is 17.5. The van der Waals surface area contributed by atoms with E-state index in [9.17, 15) is 27.6 Å². The van der Waals surface area contributed by atoms with Gasteiger partial charge in [0.15, 0.2) is 0 Å². The van der Waals surface area contributed by atoms with E-state index in [1.54, 1.807) is 39.1 Å². The summed E-state index contributed by atoms with van der Waals surface area (Å²) < 4.78 is 48.2. The predicted molar refractivity (Wildman–Crippen MR) is 106 cm³/mol. The van der Waals surface area contributed by atoms with Gasteiger partial charge in [0.05, 0.1) is 18.8 Å². The number of ether oxygens (including phenoxy) is 2. The number of alkyl halides is 3. The van der Waals surface area contributed by atoms with Crippen LogP contribution in [0.4, 0.5) is 18.9 Å². The molecule has 2 unspecified atom stereocenters. The largest absolute Gasteiger partial charge is 0.471 e. The van der Waals surface area contributed by atoms with Crippen LogP contribution in [0.1, 0.15) is 39.2 Å². The van der Waals surface area contributed by atoms with Gasteiger partial charge in [0, 0.05) is 23.0 Å². The predicted octanol–water partition coefficient (Wildman–Crippen LogP) is 3.76. The molecule has 0 saturated carbocycles. The second kappa shape index (κ2) is 9.76. The van der Waals surface area contributed by atoms with E-state index < -0.39 is 35.9 Å². The standard InChI is InChI=1S/C21H23F3N2O5/c1-5-30-18(27)15-11(3)25-12(4)16(19(28)31-6-2)17(15)13-8-7-9-14(10-13)26-20(29)21(22,23)24/h7-10,15,17H,5-6H2,1-4H3,(H,26,29). The molecule has 2 rings (SSSR count). The van der Waals surface area contributed by atoms with Gasteiger partial charge in [-0.15, -0.1) is 0 Å². The molecule has 1 aromatic rings. The average Bonchev–Trinajstić information content (AvgIpc) is 2.67. The van der Waals surface area contributed by atoms with Crippen LogP contribution in [0.2, 0.25) is 0 Å². The number of halogens is 3. The average molecular weight is 440 g/mol. The summed E-state index contributed by atoms with van der Waals surface area (Å²) in [6.07, 6.45) is -5.07. The zero-order chi connectivity index (χ0) is 23.3. The van der Waals surface area contributed by atoms with Crippen molar-refractivity contribution in [1.29, 1.82) is 0 Å². The summed E-state index contributed by atoms with van der Waals surface area (Å²) in [5.74, 6) is -5.37. The number of nitrogens with zero attached hydrogens (tertiary/aromatic N) is 1. The minimum absolute atomic E-state index is 0.0801. The Bertz CT molecular complexity index is 937. The molecule has 0 fully saturated rings. The third-order valence-corrected chi connectivity index (χ3v) is 4.63. The normalized spacial score (nSPS) is 18.9. The van der Waals surface area contributed by atoms with Gasteiger partial charge in [-0.3, -0.25) is 14.6 Å². The summed E-state index contributed by atoms with van der Waals surface area (Å²) >= 11 is 0. The van der Waals surface area contributed by atoms with Crippen LogP contribution in [0.5, 0.6) is 0 Å². The molecular formula is C21H23F3N2O5. The third kappa shape index (κ3) is 5.50. The van der Waals surface area contributed by atoms with Crippen LogP contribution in [-0.2, 0) is 23.9 Å². The van der Waals surface area contributed by atoms with Gasteiger partial charge in [-0.25, -0.2) is 4.79 Å². The molecule has 31 heavy (non-hydrogen) atoms. The molecule has 1 N–H and O–H groups in total. The number of carbonyl (C=O) groups excluding carboxylic acids is 3. The SMILES string of the molecule is CCOC(=O)C1=C(C)N=C(C)C(C(=O)OCC)C1c1cccc(NC(=O)C(F)(F)F)c1. The number of nitrogens with one attached hydrogen (secondary N) is 1. The first kappa shape index (κ1) is 24.1. The minimum atomic E-state index is -5.07. The van der Waals surface area contributed by atoms with E-state index in [0.717, 1.165) is 0 Å². The van der Waals surface area contributed by atoms with Gasteiger partial charge >= 0.3 is 24.0 Å². The van der Waals surface area contributed by atoms with Crippen LogP contribution in [0.25, 0.3) is 0 Å². The molecule has 0 aliphatic carbocycles. The van der Waals surface area contributed by atoms with E-state index in [1.165, 1.54) is 18.2 Å². The number of benzene rings is 1. The van der Waals surface area contributed by atoms with Gasteiger partial charge < -0.3 is 14.8 Å². The molecule has 1 aliphatic heterocycles. The molecule has 1 aliphatic rings. The summed E-state index contributed by atoms with van der Waals surface area (Å²) in [5.41, 5.74) is 1.01. The Morgan fingerprint density at radius 3 is 2.32 bits per heavy atom. The lowest BCUT2D eigenvalue weighted by atomic mass is 9.75. The van der Waals surface area contributed by atoms with Crippen molar-refractivity contribution in [2.75, 3.05) is 18.5 Å². The van der Waals surface area contributed by atoms with E-state index in [0.29, 0.717) is 17.0 Å². The van der Waals surface area contributed by atoms with Crippen molar-refractivity contribution < 1.29 is 37.0 Å². The van der Waals surface area contributed by atoms with Crippen LogP contribution in [0.15, 0.2) is 40.5 Å². The number of rotatable bonds is 6. The monoisotopic (exact) mass is 440 g/mol. The highest BCUT2D eigenvalue weighted by molar-refractivity contribution is 6.07. The van der Waals surface area contributed by atoms with Gasteiger partial charge in [-0.2, -0.15) is 13.2 Å². The lowest BCUT2D eigenvalue weighted by Gasteiger charge is -2.31. The van der Waals surface area contributed by atoms with Gasteiger partial charge in [-0.1, -0.05) is 12.1 Å². The Kier molecular flexibility index (Phi) is 7.59. The zero-order valence-electron chi connectivity index (χ0n) is 17.5. The maximum atomic E-state index is 12.7. The molecule has 7 nitrogen and oxygen atoms in total. The molecule has 0 radical (unpaired) electrons. The Morgan fingerprint density at radius 1 is 1.10 bits per heavy atom. The Morgan fingerprint density at radius 2 is 1.74 bits per heavy atom. The summed E-state index contributed by atoms with van der Waals surface area (Å²) in [6.45, 7) is 6.61. The van der Waals surface area contributed by atoms with Crippen molar-refractivity contribution in [1.82, 2.24) is 0 Å². The fourth-order valence-corrected chi connectivity index (χ4v) is 3.42. The van der Waals surface area contributed by atoms with Gasteiger partial charge in [0.1, 0.15) is 5.92 Å². The quantitative estimate of drug-likeness (QED) is 0.680. The lowest BCUT2D eigenvalue weighted by molar-refractivity contribution is -0.167. The van der Waals surface area contributed by atoms with E-state index in [2.05, 4.69) is 4.99 Å². The number of esters is 2. The van der Waals surface area contributed by atoms with E-state index in [1.807, 2.05) is 0 Å². The second-order valence-electron chi connectivity index (χ2n) is 6.76. The maximum absolute atomic E-state index is 12.7. The number of amides is 1. The van der Waals surface area contributed by atoms with E-state index in [4.69, 9.17) is 9.47 Å². The van der Waals surface area contributed by atoms with Crippen molar-refractivity contribution in [3.05, 3.63) is 41.1 Å². The number of aliphatic imine (C=N–C) groups is 1. The highest BCUT2D eigenvalue weighted by Crippen LogP contribution is 2.40. The Balaban J connectivity index is 2.59. The van der Waals surface area contributed by atoms with Crippen molar-refractivity contribution in [3.8, 4) is 0 Å². The Labute approximate surface area is 177 Å². The highest BCUT2D eigenvalue weighted by Gasteiger charge is 2.43. The smallest absolute Gasteiger partial charge is 0.465 e. The van der Waals surface area contributed by atoms with Gasteiger partial charge in [0.25, 0.3) is 0 Å². The summed E-state index contributed by atoms with van der Waals surface area (Å²) in [7, 11) is 0. The number of hydrogen-bond acceptors (Lipinski definition) is 6. The summed E-state index contributed by atoms with van der Waals surface area (Å²) in [5, 5.41) is 1.78. The molecule has 0 aromatic heterocycles. The van der Waals surface area contributed by atoms with Crippen molar-refractivity contribution in [2.45, 2.75) is 39.8 Å². The summed E-state index contributed by atoms with van der Waals surface area (Å²) in [4.78, 5) is 41.1. The van der Waals surface area contributed by atoms with Crippen LogP contribution < -0.4 is 5.32 Å². The molecule has 2 atom stereocenters. The van der Waals surface area contributed by atoms with E-state index >= 15 is 0 Å². The number of carbonyl (C=O) groups is 3. The fourth-order valence-electron chi connectivity index (χ4n) is 3.42. The van der Waals surface area contributed by atoms with Crippen LogP contribution in [-0.4, -0.2) is 42.9 Å². The van der Waals surface area contributed by atoms with E-state index in [-0.39, 0.29) is 24.5 Å². The molecule has 0 spiro atoms. The second-order valence-corrected chi connectivity index (χ2v) is 6.76. The molecule has 0 bridgehead atoms. The molecule has 1 aromatic carbocycles. The number of anilines is 1. The summed E-state index contributed by atoms with van der Waals surface area (Å²) in [6, 6.07) is 5.52. The lowest BCUT2D eigenvalue weighted by Crippen LogP contribution is -2.36. The molecule has 168 valence electrons. The number of allylic oxidation sites excluding steroid dienone is 1. The van der Waals surface area contributed by atoms with Gasteiger partial charge in [-0.05, 0) is 45.4 Å². The van der Waals surface area contributed by atoms with Crippen LogP contribution >= 0.6 is 0 Å². The minimum Gasteiger partial charge on any atom is -0.465 e. The van der Waals surface area contributed by atoms with Crippen molar-refractivity contribution in [3.63, 3.8) is 0 Å². The third-order valence-electron chi connectivity index (χ3n) is 4.63. The first-order valence-electron chi connectivity index (χ1n) is 9.59. The Hall–Kier alpha value is -3.17. The topological polar surface area (TPSA) is 94.1 Å². The molecule has 1 amide bonds. The fraction of sp³-hybridized carbons (Fsp3) is 0.429. The number of hydrogen-bond donors (Lipinski definition) is 1. The van der Waals surface area contributed by atoms with Gasteiger partial charge in [0.2, 0.25) is 0 Å².